The van der Waals surface area contributed by atoms with Crippen molar-refractivity contribution in [1.82, 2.24) is 20.4 Å². The summed E-state index contributed by atoms with van der Waals surface area (Å²) in [5.74, 6) is -1.46. The Hall–Kier alpha value is -2.65. The predicted octanol–water partition coefficient (Wildman–Crippen LogP) is 0.998. The van der Waals surface area contributed by atoms with Crippen LogP contribution >= 0.6 is 0 Å². The first-order valence-electron chi connectivity index (χ1n) is 10.5. The van der Waals surface area contributed by atoms with E-state index in [1.807, 2.05) is 0 Å². The van der Waals surface area contributed by atoms with Gasteiger partial charge in [-0.1, -0.05) is 27.2 Å². The van der Waals surface area contributed by atoms with E-state index in [-0.39, 0.29) is 12.0 Å². The molecular formula is C20H30N4O6. The smallest absolute Gasteiger partial charge is 0.326 e. The van der Waals surface area contributed by atoms with Crippen molar-refractivity contribution in [1.29, 1.82) is 0 Å². The molecule has 2 N–H and O–H groups in total. The van der Waals surface area contributed by atoms with E-state index >= 15 is 0 Å². The lowest BCUT2D eigenvalue weighted by molar-refractivity contribution is -0.153. The molecule has 2 heterocycles. The number of hydrogen-bond donors (Lipinski definition) is 2. The van der Waals surface area contributed by atoms with Crippen molar-refractivity contribution in [3.63, 3.8) is 0 Å². The molecule has 166 valence electrons. The zero-order valence-electron chi connectivity index (χ0n) is 17.8. The molecule has 0 radical (unpaired) electrons. The van der Waals surface area contributed by atoms with Crippen LogP contribution in [0.5, 0.6) is 0 Å². The molecule has 3 aliphatic rings. The highest BCUT2D eigenvalue weighted by Gasteiger charge is 2.53. The van der Waals surface area contributed by atoms with Crippen molar-refractivity contribution >= 4 is 29.8 Å². The van der Waals surface area contributed by atoms with Crippen molar-refractivity contribution in [2.45, 2.75) is 58.4 Å². The van der Waals surface area contributed by atoms with Crippen molar-refractivity contribution in [3.05, 3.63) is 0 Å². The lowest BCUT2D eigenvalue weighted by atomic mass is 9.65. The highest BCUT2D eigenvalue weighted by Crippen LogP contribution is 2.45. The number of amides is 6. The van der Waals surface area contributed by atoms with E-state index in [1.165, 1.54) is 0 Å². The summed E-state index contributed by atoms with van der Waals surface area (Å²) in [6, 6.07) is -1.15. The quantitative estimate of drug-likeness (QED) is 0.486. The molecule has 0 bridgehead atoms. The number of esters is 1. The highest BCUT2D eigenvalue weighted by atomic mass is 16.5. The lowest BCUT2D eigenvalue weighted by Gasteiger charge is -2.42. The number of carbonyl (C=O) groups excluding carboxylic acids is 5. The van der Waals surface area contributed by atoms with E-state index in [0.29, 0.717) is 25.3 Å². The summed E-state index contributed by atoms with van der Waals surface area (Å²) in [4.78, 5) is 62.6. The molecule has 3 rings (SSSR count). The van der Waals surface area contributed by atoms with Crippen LogP contribution in [0, 0.1) is 11.3 Å². The number of carbonyl (C=O) groups is 5. The van der Waals surface area contributed by atoms with Crippen LogP contribution in [0.2, 0.25) is 0 Å². The van der Waals surface area contributed by atoms with Gasteiger partial charge in [0.1, 0.15) is 12.1 Å². The first kappa shape index (κ1) is 22.0. The lowest BCUT2D eigenvalue weighted by Crippen LogP contribution is -2.51. The Morgan fingerprint density at radius 2 is 1.83 bits per heavy atom. The van der Waals surface area contributed by atoms with E-state index in [9.17, 15) is 24.0 Å². The second kappa shape index (κ2) is 8.23. The Bertz CT molecular complexity index is 756. The molecular weight excluding hydrogens is 392 g/mol. The SMILES string of the molecule is CCC(C)(C)C1CCC2(CC1)NC(=O)N(CC(=O)OCC(=O)N1CCNC1=O)C2=O. The fourth-order valence-corrected chi connectivity index (χ4v) is 4.44. The first-order chi connectivity index (χ1) is 14.1. The van der Waals surface area contributed by atoms with Crippen LogP contribution in [0.3, 0.4) is 0 Å². The van der Waals surface area contributed by atoms with Gasteiger partial charge in [-0.25, -0.2) is 9.59 Å². The van der Waals surface area contributed by atoms with E-state index in [0.717, 1.165) is 29.1 Å². The Kier molecular flexibility index (Phi) is 6.05. The third-order valence-corrected chi connectivity index (χ3v) is 6.90. The van der Waals surface area contributed by atoms with Gasteiger partial charge in [0.2, 0.25) is 0 Å². The van der Waals surface area contributed by atoms with Crippen molar-refractivity contribution in [2.75, 3.05) is 26.2 Å². The molecule has 3 fully saturated rings. The maximum Gasteiger partial charge on any atom is 0.326 e. The Morgan fingerprint density at radius 1 is 1.17 bits per heavy atom. The van der Waals surface area contributed by atoms with Gasteiger partial charge in [0, 0.05) is 13.1 Å². The van der Waals surface area contributed by atoms with E-state index in [4.69, 9.17) is 4.74 Å². The molecule has 0 unspecified atom stereocenters. The van der Waals surface area contributed by atoms with Crippen LogP contribution in [0.25, 0.3) is 0 Å². The molecule has 1 saturated carbocycles. The van der Waals surface area contributed by atoms with E-state index < -0.39 is 48.5 Å². The zero-order valence-corrected chi connectivity index (χ0v) is 17.8. The molecule has 1 aliphatic carbocycles. The number of nitrogens with zero attached hydrogens (tertiary/aromatic N) is 2. The number of urea groups is 2. The van der Waals surface area contributed by atoms with Gasteiger partial charge < -0.3 is 15.4 Å². The molecule has 30 heavy (non-hydrogen) atoms. The van der Waals surface area contributed by atoms with Crippen LogP contribution < -0.4 is 10.6 Å². The fourth-order valence-electron chi connectivity index (χ4n) is 4.44. The average Bonchev–Trinajstić information content (AvgIpc) is 3.23. The Balaban J connectivity index is 1.53. The van der Waals surface area contributed by atoms with Crippen LogP contribution in [-0.2, 0) is 19.1 Å². The summed E-state index contributed by atoms with van der Waals surface area (Å²) in [6.07, 6.45) is 3.79. The number of ether oxygens (including phenoxy) is 1. The highest BCUT2D eigenvalue weighted by molar-refractivity contribution is 6.08. The summed E-state index contributed by atoms with van der Waals surface area (Å²) in [5, 5.41) is 5.26. The summed E-state index contributed by atoms with van der Waals surface area (Å²) >= 11 is 0. The van der Waals surface area contributed by atoms with Gasteiger partial charge in [0.05, 0.1) is 0 Å². The molecule has 0 aromatic heterocycles. The molecule has 0 aromatic carbocycles. The standard InChI is InChI=1S/C20H30N4O6/c1-4-19(2,3)13-5-7-20(8-6-13)16(27)24(18(29)22-20)11-15(26)30-12-14(25)23-10-9-21-17(23)28/h13H,4-12H2,1-3H3,(H,21,28)(H,22,29). The van der Waals surface area contributed by atoms with Crippen LogP contribution in [0.15, 0.2) is 0 Å². The van der Waals surface area contributed by atoms with Gasteiger partial charge in [0.25, 0.3) is 11.8 Å². The average molecular weight is 422 g/mol. The van der Waals surface area contributed by atoms with Crippen LogP contribution in [0.1, 0.15) is 52.9 Å². The minimum Gasteiger partial charge on any atom is -0.454 e. The number of hydrogen-bond acceptors (Lipinski definition) is 6. The Labute approximate surface area is 175 Å². The van der Waals surface area contributed by atoms with Crippen molar-refractivity contribution < 1.29 is 28.7 Å². The molecule has 0 atom stereocenters. The van der Waals surface area contributed by atoms with Gasteiger partial charge in [-0.3, -0.25) is 24.2 Å². The van der Waals surface area contributed by atoms with Gasteiger partial charge in [0.15, 0.2) is 6.61 Å². The minimum atomic E-state index is -0.957. The Morgan fingerprint density at radius 3 is 2.40 bits per heavy atom. The van der Waals surface area contributed by atoms with Gasteiger partial charge in [-0.15, -0.1) is 0 Å². The third kappa shape index (κ3) is 4.13. The van der Waals surface area contributed by atoms with Gasteiger partial charge >= 0.3 is 18.0 Å². The maximum absolute atomic E-state index is 13.0. The van der Waals surface area contributed by atoms with Crippen LogP contribution in [0.4, 0.5) is 9.59 Å². The number of imide groups is 2. The third-order valence-electron chi connectivity index (χ3n) is 6.90. The maximum atomic E-state index is 13.0. The van der Waals surface area contributed by atoms with E-state index in [2.05, 4.69) is 31.4 Å². The molecule has 1 spiro atoms. The van der Waals surface area contributed by atoms with Crippen LogP contribution in [-0.4, -0.2) is 71.4 Å². The largest absolute Gasteiger partial charge is 0.454 e. The molecule has 6 amide bonds. The second-order valence-corrected chi connectivity index (χ2v) is 8.96. The molecule has 10 nitrogen and oxygen atoms in total. The van der Waals surface area contributed by atoms with Crippen molar-refractivity contribution in [2.24, 2.45) is 11.3 Å². The van der Waals surface area contributed by atoms with E-state index in [1.54, 1.807) is 0 Å². The normalized spacial score (nSPS) is 26.8. The number of rotatable bonds is 6. The molecule has 0 aromatic rings. The predicted molar refractivity (Wildman–Crippen MR) is 105 cm³/mol. The monoisotopic (exact) mass is 422 g/mol. The summed E-state index contributed by atoms with van der Waals surface area (Å²) in [7, 11) is 0. The zero-order chi connectivity index (χ0) is 22.1. The van der Waals surface area contributed by atoms with Gasteiger partial charge in [-0.05, 0) is 37.0 Å². The number of nitrogens with one attached hydrogen (secondary N) is 2. The molecule has 10 heteroatoms. The van der Waals surface area contributed by atoms with Gasteiger partial charge in [-0.2, -0.15) is 0 Å². The summed E-state index contributed by atoms with van der Waals surface area (Å²) < 4.78 is 4.89. The topological polar surface area (TPSA) is 125 Å². The second-order valence-electron chi connectivity index (χ2n) is 8.96. The first-order valence-corrected chi connectivity index (χ1v) is 10.5. The fraction of sp³-hybridized carbons (Fsp3) is 0.750. The summed E-state index contributed by atoms with van der Waals surface area (Å²) in [5.41, 5.74) is -0.781. The molecule has 2 saturated heterocycles. The summed E-state index contributed by atoms with van der Waals surface area (Å²) in [6.45, 7) is 5.98. The minimum absolute atomic E-state index is 0.176. The molecule has 2 aliphatic heterocycles. The van der Waals surface area contributed by atoms with Crippen molar-refractivity contribution in [3.8, 4) is 0 Å².